The summed E-state index contributed by atoms with van der Waals surface area (Å²) in [6, 6.07) is -1.15. The van der Waals surface area contributed by atoms with E-state index in [4.69, 9.17) is 10.2 Å². The van der Waals surface area contributed by atoms with Crippen molar-refractivity contribution in [3.05, 3.63) is 0 Å². The average Bonchev–Trinajstić information content (AvgIpc) is 2.36. The van der Waals surface area contributed by atoms with E-state index in [1.807, 2.05) is 0 Å². The van der Waals surface area contributed by atoms with Crippen LogP contribution in [-0.4, -0.2) is 57.6 Å². The molecule has 100 valence electrons. The van der Waals surface area contributed by atoms with E-state index in [9.17, 15) is 14.4 Å². The van der Waals surface area contributed by atoms with Crippen LogP contribution in [0.4, 0.5) is 0 Å². The van der Waals surface area contributed by atoms with Crippen molar-refractivity contribution in [1.82, 2.24) is 4.90 Å². The zero-order chi connectivity index (χ0) is 13.9. The van der Waals surface area contributed by atoms with E-state index in [2.05, 4.69) is 10.2 Å². The van der Waals surface area contributed by atoms with Gasteiger partial charge in [0, 0.05) is 6.54 Å². The third-order valence-corrected chi connectivity index (χ3v) is 2.53. The maximum Gasteiger partial charge on any atom is 0.332 e. The predicted molar refractivity (Wildman–Crippen MR) is 59.2 cm³/mol. The summed E-state index contributed by atoms with van der Waals surface area (Å²) in [6.45, 7) is 2.81. The Hall–Kier alpha value is -1.99. The van der Waals surface area contributed by atoms with Gasteiger partial charge < -0.3 is 15.1 Å². The minimum absolute atomic E-state index is 0.0492. The highest BCUT2D eigenvalue weighted by molar-refractivity contribution is 5.87. The van der Waals surface area contributed by atoms with Gasteiger partial charge in [-0.2, -0.15) is 10.2 Å². The first-order chi connectivity index (χ1) is 8.24. The van der Waals surface area contributed by atoms with Gasteiger partial charge in [0.25, 0.3) is 5.91 Å². The first kappa shape index (κ1) is 14.1. The molecule has 0 saturated carbocycles. The number of nitrogens with zero attached hydrogens (tertiary/aromatic N) is 3. The summed E-state index contributed by atoms with van der Waals surface area (Å²) in [4.78, 5) is 34.6. The van der Waals surface area contributed by atoms with E-state index in [1.54, 1.807) is 0 Å². The predicted octanol–water partition coefficient (Wildman–Crippen LogP) is -0.0127. The maximum atomic E-state index is 12.0. The Bertz CT molecular complexity index is 404. The molecule has 8 heteroatoms. The lowest BCUT2D eigenvalue weighted by molar-refractivity contribution is -0.141. The van der Waals surface area contributed by atoms with Crippen LogP contribution in [0.15, 0.2) is 10.2 Å². The summed E-state index contributed by atoms with van der Waals surface area (Å²) in [6.07, 6.45) is -0.242. The molecule has 1 unspecified atom stereocenters. The fourth-order valence-corrected chi connectivity index (χ4v) is 1.52. The van der Waals surface area contributed by atoms with E-state index >= 15 is 0 Å². The first-order valence-electron chi connectivity index (χ1n) is 5.40. The number of hydrogen-bond acceptors (Lipinski definition) is 5. The molecule has 8 nitrogen and oxygen atoms in total. The third-order valence-electron chi connectivity index (χ3n) is 2.53. The van der Waals surface area contributed by atoms with E-state index in [-0.39, 0.29) is 19.5 Å². The molecule has 1 amide bonds. The molecular formula is C10H15N3O5. The molecule has 0 saturated heterocycles. The van der Waals surface area contributed by atoms with E-state index in [0.717, 1.165) is 0 Å². The Labute approximate surface area is 103 Å². The van der Waals surface area contributed by atoms with Gasteiger partial charge in [-0.25, -0.2) is 4.79 Å². The second kappa shape index (κ2) is 5.11. The van der Waals surface area contributed by atoms with Crippen molar-refractivity contribution >= 4 is 17.8 Å². The van der Waals surface area contributed by atoms with Gasteiger partial charge in [0.1, 0.15) is 0 Å². The Morgan fingerprint density at radius 2 is 2.06 bits per heavy atom. The standard InChI is InChI=1S/C10H15N3O5/c1-10(2)9(18)13(4-3-7(14)15)5-6(8(16)17)11-12-10/h6H,3-5H2,1-2H3,(H,14,15)(H,16,17). The van der Waals surface area contributed by atoms with Gasteiger partial charge >= 0.3 is 11.9 Å². The number of carboxylic acid groups (broad SMARTS) is 2. The number of azo groups is 1. The van der Waals surface area contributed by atoms with Crippen LogP contribution in [0.25, 0.3) is 0 Å². The fraction of sp³-hybridized carbons (Fsp3) is 0.700. The SMILES string of the molecule is CC1(C)N=NC(C(=O)O)CN(CCC(=O)O)C1=O. The zero-order valence-electron chi connectivity index (χ0n) is 10.2. The molecule has 0 spiro atoms. The minimum Gasteiger partial charge on any atom is -0.481 e. The smallest absolute Gasteiger partial charge is 0.332 e. The number of hydrogen-bond donors (Lipinski definition) is 2. The molecule has 0 aliphatic carbocycles. The molecule has 0 fully saturated rings. The van der Waals surface area contributed by atoms with Crippen LogP contribution >= 0.6 is 0 Å². The van der Waals surface area contributed by atoms with Crippen LogP contribution < -0.4 is 0 Å². The summed E-state index contributed by atoms with van der Waals surface area (Å²) >= 11 is 0. The average molecular weight is 257 g/mol. The highest BCUT2D eigenvalue weighted by Gasteiger charge is 2.37. The maximum absolute atomic E-state index is 12.0. The van der Waals surface area contributed by atoms with Crippen LogP contribution in [-0.2, 0) is 14.4 Å². The molecule has 0 aromatic carbocycles. The largest absolute Gasteiger partial charge is 0.481 e. The van der Waals surface area contributed by atoms with Crippen molar-refractivity contribution < 1.29 is 24.6 Å². The molecule has 2 N–H and O–H groups in total. The van der Waals surface area contributed by atoms with E-state index in [1.165, 1.54) is 18.7 Å². The Kier molecular flexibility index (Phi) is 4.00. The van der Waals surface area contributed by atoms with Gasteiger partial charge in [0.05, 0.1) is 13.0 Å². The summed E-state index contributed by atoms with van der Waals surface area (Å²) in [5, 5.41) is 24.9. The number of carbonyl (C=O) groups excluding carboxylic acids is 1. The molecule has 0 aromatic rings. The van der Waals surface area contributed by atoms with Crippen molar-refractivity contribution in [2.45, 2.75) is 31.8 Å². The number of aliphatic carboxylic acids is 2. The Morgan fingerprint density at radius 3 is 2.56 bits per heavy atom. The van der Waals surface area contributed by atoms with Crippen LogP contribution in [0.1, 0.15) is 20.3 Å². The van der Waals surface area contributed by atoms with Gasteiger partial charge in [0.15, 0.2) is 11.6 Å². The van der Waals surface area contributed by atoms with Gasteiger partial charge in [-0.15, -0.1) is 0 Å². The lowest BCUT2D eigenvalue weighted by Gasteiger charge is -2.26. The molecule has 1 aliphatic rings. The van der Waals surface area contributed by atoms with Crippen LogP contribution in [0.5, 0.6) is 0 Å². The summed E-state index contributed by atoms with van der Waals surface area (Å²) in [7, 11) is 0. The van der Waals surface area contributed by atoms with Gasteiger partial charge in [-0.3, -0.25) is 9.59 Å². The topological polar surface area (TPSA) is 120 Å². The second-order valence-corrected chi connectivity index (χ2v) is 4.52. The fourth-order valence-electron chi connectivity index (χ4n) is 1.52. The Morgan fingerprint density at radius 1 is 1.44 bits per heavy atom. The van der Waals surface area contributed by atoms with Crippen LogP contribution in [0.3, 0.4) is 0 Å². The molecule has 1 aliphatic heterocycles. The van der Waals surface area contributed by atoms with E-state index < -0.39 is 29.4 Å². The van der Waals surface area contributed by atoms with Crippen molar-refractivity contribution in [3.63, 3.8) is 0 Å². The van der Waals surface area contributed by atoms with Crippen LogP contribution in [0, 0.1) is 0 Å². The number of rotatable bonds is 4. The molecule has 0 aromatic heterocycles. The lowest BCUT2D eigenvalue weighted by Crippen LogP contribution is -2.46. The highest BCUT2D eigenvalue weighted by atomic mass is 16.4. The van der Waals surface area contributed by atoms with E-state index in [0.29, 0.717) is 0 Å². The van der Waals surface area contributed by atoms with Gasteiger partial charge in [0.2, 0.25) is 0 Å². The highest BCUT2D eigenvalue weighted by Crippen LogP contribution is 2.19. The van der Waals surface area contributed by atoms with Gasteiger partial charge in [-0.05, 0) is 13.8 Å². The molecule has 0 radical (unpaired) electrons. The van der Waals surface area contributed by atoms with Crippen molar-refractivity contribution in [2.75, 3.05) is 13.1 Å². The normalized spacial score (nSPS) is 22.7. The Balaban J connectivity index is 2.90. The number of carboxylic acids is 2. The van der Waals surface area contributed by atoms with Crippen molar-refractivity contribution in [1.29, 1.82) is 0 Å². The molecule has 0 bridgehead atoms. The molecule has 1 rings (SSSR count). The summed E-state index contributed by atoms with van der Waals surface area (Å²) < 4.78 is 0. The van der Waals surface area contributed by atoms with Gasteiger partial charge in [-0.1, -0.05) is 0 Å². The second-order valence-electron chi connectivity index (χ2n) is 4.52. The van der Waals surface area contributed by atoms with Crippen molar-refractivity contribution in [2.24, 2.45) is 10.2 Å². The van der Waals surface area contributed by atoms with Crippen molar-refractivity contribution in [3.8, 4) is 0 Å². The zero-order valence-corrected chi connectivity index (χ0v) is 10.2. The first-order valence-corrected chi connectivity index (χ1v) is 5.40. The summed E-state index contributed by atoms with van der Waals surface area (Å²) in [5.41, 5.74) is -1.16. The molecule has 1 atom stereocenters. The number of carbonyl (C=O) groups is 3. The molecule has 1 heterocycles. The third kappa shape index (κ3) is 3.25. The quantitative estimate of drug-likeness (QED) is 0.733. The lowest BCUT2D eigenvalue weighted by atomic mass is 10.1. The van der Waals surface area contributed by atoms with Crippen LogP contribution in [0.2, 0.25) is 0 Å². The summed E-state index contributed by atoms with van der Waals surface area (Å²) in [5.74, 6) is -2.66. The molecule has 18 heavy (non-hydrogen) atoms. The molecular weight excluding hydrogens is 242 g/mol. The minimum atomic E-state index is -1.19. The number of amides is 1. The monoisotopic (exact) mass is 257 g/mol.